The lowest BCUT2D eigenvalue weighted by atomic mass is 9.98. The van der Waals surface area contributed by atoms with E-state index < -0.39 is 5.97 Å². The summed E-state index contributed by atoms with van der Waals surface area (Å²) in [6, 6.07) is 19.4. The summed E-state index contributed by atoms with van der Waals surface area (Å²) in [6.07, 6.45) is 2.58. The predicted molar refractivity (Wildman–Crippen MR) is 102 cm³/mol. The maximum Gasteiger partial charge on any atom is 0.340 e. The molecule has 128 valence electrons. The van der Waals surface area contributed by atoms with Gasteiger partial charge in [-0.25, -0.2) is 4.79 Å². The highest BCUT2D eigenvalue weighted by molar-refractivity contribution is 6.09. The number of esters is 1. The normalized spacial score (nSPS) is 11.0. The van der Waals surface area contributed by atoms with E-state index in [4.69, 9.17) is 4.74 Å². The first-order valence-electron chi connectivity index (χ1n) is 8.49. The maximum absolute atomic E-state index is 12.7. The monoisotopic (exact) mass is 343 g/mol. The maximum atomic E-state index is 12.7. The molecule has 4 rings (SSSR count). The molecule has 0 spiro atoms. The predicted octanol–water partition coefficient (Wildman–Crippen LogP) is 4.75. The number of ether oxygens (including phenoxy) is 1. The number of rotatable bonds is 4. The summed E-state index contributed by atoms with van der Waals surface area (Å²) in [6.45, 7) is 2.04. The zero-order valence-corrected chi connectivity index (χ0v) is 14.3. The Morgan fingerprint density at radius 3 is 2.58 bits per heavy atom. The first-order valence-corrected chi connectivity index (χ1v) is 8.49. The first-order chi connectivity index (χ1) is 12.7. The van der Waals surface area contributed by atoms with E-state index in [0.29, 0.717) is 22.3 Å². The third-order valence-corrected chi connectivity index (χ3v) is 4.51. The molecule has 0 bridgehead atoms. The van der Waals surface area contributed by atoms with E-state index in [0.717, 1.165) is 22.6 Å². The SMILES string of the molecule is CCOC(=O)c1c(-c2ccc3ccccc3c2)c(C=O)n2ccccc12. The molecule has 0 N–H and O–H groups in total. The van der Waals surface area contributed by atoms with Gasteiger partial charge in [0, 0.05) is 11.8 Å². The van der Waals surface area contributed by atoms with Crippen LogP contribution in [0.15, 0.2) is 66.9 Å². The number of hydrogen-bond donors (Lipinski definition) is 0. The number of carbonyl (C=O) groups excluding carboxylic acids is 2. The van der Waals surface area contributed by atoms with Crippen molar-refractivity contribution in [2.45, 2.75) is 6.92 Å². The number of benzene rings is 2. The summed E-state index contributed by atoms with van der Waals surface area (Å²) in [5, 5.41) is 2.15. The largest absolute Gasteiger partial charge is 0.462 e. The van der Waals surface area contributed by atoms with Crippen LogP contribution in [0.4, 0.5) is 0 Å². The summed E-state index contributed by atoms with van der Waals surface area (Å²) in [7, 11) is 0. The van der Waals surface area contributed by atoms with Crippen LogP contribution in [0.3, 0.4) is 0 Å². The lowest BCUT2D eigenvalue weighted by Gasteiger charge is -2.07. The van der Waals surface area contributed by atoms with Gasteiger partial charge < -0.3 is 9.14 Å². The van der Waals surface area contributed by atoms with Gasteiger partial charge in [-0.15, -0.1) is 0 Å². The second kappa shape index (κ2) is 6.48. The molecule has 0 aliphatic carbocycles. The summed E-state index contributed by atoms with van der Waals surface area (Å²) in [5.74, 6) is -0.424. The number of fused-ring (bicyclic) bond motifs is 2. The van der Waals surface area contributed by atoms with Crippen LogP contribution in [0.5, 0.6) is 0 Å². The Bertz CT molecular complexity index is 1140. The van der Waals surface area contributed by atoms with Crippen LogP contribution in [-0.2, 0) is 4.74 Å². The number of hydrogen-bond acceptors (Lipinski definition) is 3. The van der Waals surface area contributed by atoms with Crippen molar-refractivity contribution in [1.29, 1.82) is 0 Å². The summed E-state index contributed by atoms with van der Waals surface area (Å²) in [5.41, 5.74) is 2.95. The van der Waals surface area contributed by atoms with Gasteiger partial charge in [-0.05, 0) is 41.5 Å². The number of carbonyl (C=O) groups is 2. The molecule has 4 aromatic rings. The lowest BCUT2D eigenvalue weighted by molar-refractivity contribution is 0.0529. The van der Waals surface area contributed by atoms with Gasteiger partial charge in [-0.3, -0.25) is 4.79 Å². The van der Waals surface area contributed by atoms with Gasteiger partial charge in [-0.2, -0.15) is 0 Å². The Balaban J connectivity index is 2.07. The minimum atomic E-state index is -0.424. The Kier molecular flexibility index (Phi) is 4.01. The minimum absolute atomic E-state index is 0.274. The van der Waals surface area contributed by atoms with Gasteiger partial charge in [0.2, 0.25) is 0 Å². The van der Waals surface area contributed by atoms with Gasteiger partial charge in [0.15, 0.2) is 6.29 Å². The Hall–Kier alpha value is -3.40. The standard InChI is InChI=1S/C22H17NO3/c1-2-26-22(25)21-18-9-5-6-12-23(18)19(14-24)20(21)17-11-10-15-7-3-4-8-16(15)13-17/h3-14H,2H2,1H3. The number of nitrogens with zero attached hydrogens (tertiary/aromatic N) is 1. The summed E-state index contributed by atoms with van der Waals surface area (Å²) >= 11 is 0. The molecule has 2 aromatic heterocycles. The average molecular weight is 343 g/mol. The van der Waals surface area contributed by atoms with E-state index in [1.807, 2.05) is 60.7 Å². The van der Waals surface area contributed by atoms with Crippen LogP contribution in [0.2, 0.25) is 0 Å². The number of aromatic nitrogens is 1. The molecule has 0 unspecified atom stereocenters. The van der Waals surface area contributed by atoms with Crippen molar-refractivity contribution in [3.8, 4) is 11.1 Å². The first kappa shape index (κ1) is 16.1. The highest BCUT2D eigenvalue weighted by Crippen LogP contribution is 2.34. The Labute approximate surface area is 150 Å². The molecule has 4 nitrogen and oxygen atoms in total. The van der Waals surface area contributed by atoms with E-state index in [2.05, 4.69) is 0 Å². The van der Waals surface area contributed by atoms with Crippen molar-refractivity contribution in [3.63, 3.8) is 0 Å². The zero-order valence-electron chi connectivity index (χ0n) is 14.3. The molecule has 26 heavy (non-hydrogen) atoms. The van der Waals surface area contributed by atoms with E-state index in [1.165, 1.54) is 0 Å². The second-order valence-corrected chi connectivity index (χ2v) is 5.99. The molecule has 0 fully saturated rings. The molecule has 0 radical (unpaired) electrons. The molecule has 2 heterocycles. The van der Waals surface area contributed by atoms with Gasteiger partial charge >= 0.3 is 5.97 Å². The van der Waals surface area contributed by atoms with Crippen LogP contribution in [0.1, 0.15) is 27.8 Å². The van der Waals surface area contributed by atoms with Crippen LogP contribution in [-0.4, -0.2) is 23.3 Å². The summed E-state index contributed by atoms with van der Waals surface area (Å²) in [4.78, 5) is 24.6. The van der Waals surface area contributed by atoms with Gasteiger partial charge in [0.1, 0.15) is 0 Å². The molecular formula is C22H17NO3. The van der Waals surface area contributed by atoms with Crippen molar-refractivity contribution in [2.75, 3.05) is 6.61 Å². The van der Waals surface area contributed by atoms with Crippen LogP contribution >= 0.6 is 0 Å². The average Bonchev–Trinajstić information content (AvgIpc) is 3.02. The Morgan fingerprint density at radius 2 is 1.81 bits per heavy atom. The molecule has 0 saturated heterocycles. The van der Waals surface area contributed by atoms with E-state index in [9.17, 15) is 9.59 Å². The van der Waals surface area contributed by atoms with Crippen molar-refractivity contribution in [3.05, 3.63) is 78.1 Å². The number of pyridine rings is 1. The van der Waals surface area contributed by atoms with Gasteiger partial charge in [0.05, 0.1) is 23.4 Å². The van der Waals surface area contributed by atoms with E-state index in [1.54, 1.807) is 17.5 Å². The molecule has 0 saturated carbocycles. The molecule has 2 aromatic carbocycles. The van der Waals surface area contributed by atoms with Crippen LogP contribution in [0.25, 0.3) is 27.4 Å². The van der Waals surface area contributed by atoms with Crippen molar-refractivity contribution < 1.29 is 14.3 Å². The van der Waals surface area contributed by atoms with Crippen LogP contribution in [0, 0.1) is 0 Å². The van der Waals surface area contributed by atoms with Crippen molar-refractivity contribution in [2.24, 2.45) is 0 Å². The number of aldehydes is 1. The lowest BCUT2D eigenvalue weighted by Crippen LogP contribution is -2.05. The quantitative estimate of drug-likeness (QED) is 0.397. The third-order valence-electron chi connectivity index (χ3n) is 4.51. The molecule has 4 heteroatoms. The highest BCUT2D eigenvalue weighted by Gasteiger charge is 2.25. The highest BCUT2D eigenvalue weighted by atomic mass is 16.5. The molecular weight excluding hydrogens is 326 g/mol. The fourth-order valence-electron chi connectivity index (χ4n) is 3.40. The van der Waals surface area contributed by atoms with E-state index in [-0.39, 0.29) is 6.61 Å². The van der Waals surface area contributed by atoms with Crippen LogP contribution < -0.4 is 0 Å². The fraction of sp³-hybridized carbons (Fsp3) is 0.0909. The van der Waals surface area contributed by atoms with Gasteiger partial charge in [-0.1, -0.05) is 42.5 Å². The topological polar surface area (TPSA) is 47.8 Å². The van der Waals surface area contributed by atoms with Crippen molar-refractivity contribution in [1.82, 2.24) is 4.40 Å². The minimum Gasteiger partial charge on any atom is -0.462 e. The zero-order chi connectivity index (χ0) is 18.1. The Morgan fingerprint density at radius 1 is 1.04 bits per heavy atom. The summed E-state index contributed by atoms with van der Waals surface area (Å²) < 4.78 is 7.02. The van der Waals surface area contributed by atoms with Gasteiger partial charge in [0.25, 0.3) is 0 Å². The molecule has 0 aliphatic rings. The molecule has 0 aliphatic heterocycles. The molecule has 0 amide bonds. The smallest absolute Gasteiger partial charge is 0.340 e. The third kappa shape index (κ3) is 2.47. The molecule has 0 atom stereocenters. The fourth-order valence-corrected chi connectivity index (χ4v) is 3.40. The second-order valence-electron chi connectivity index (χ2n) is 5.99. The van der Waals surface area contributed by atoms with E-state index >= 15 is 0 Å². The van der Waals surface area contributed by atoms with Crippen molar-refractivity contribution >= 4 is 28.5 Å².